The van der Waals surface area contributed by atoms with Crippen molar-refractivity contribution in [2.45, 2.75) is 51.5 Å². The number of ether oxygens (including phenoxy) is 1. The number of nitrogens with zero attached hydrogens (tertiary/aromatic N) is 4. The molecule has 0 amide bonds. The highest BCUT2D eigenvalue weighted by Gasteiger charge is 2.23. The third-order valence-corrected chi connectivity index (χ3v) is 4.88. The second-order valence-electron chi connectivity index (χ2n) is 6.59. The van der Waals surface area contributed by atoms with Crippen LogP contribution in [-0.2, 0) is 6.54 Å². The highest BCUT2D eigenvalue weighted by atomic mass is 35.5. The summed E-state index contributed by atoms with van der Waals surface area (Å²) in [6.45, 7) is 2.50. The van der Waals surface area contributed by atoms with Crippen molar-refractivity contribution < 1.29 is 4.74 Å². The van der Waals surface area contributed by atoms with Gasteiger partial charge in [0.25, 0.3) is 5.56 Å². The zero-order chi connectivity index (χ0) is 18.1. The van der Waals surface area contributed by atoms with Gasteiger partial charge >= 0.3 is 6.01 Å². The van der Waals surface area contributed by atoms with Gasteiger partial charge in [-0.05, 0) is 19.3 Å². The van der Waals surface area contributed by atoms with Crippen LogP contribution in [0.2, 0.25) is 5.02 Å². The lowest BCUT2D eigenvalue weighted by molar-refractivity contribution is 0.397. The first kappa shape index (κ1) is 17.0. The first-order valence-corrected chi connectivity index (χ1v) is 9.32. The molecule has 1 aliphatic carbocycles. The predicted molar refractivity (Wildman–Crippen MR) is 99.0 cm³/mol. The predicted octanol–water partition coefficient (Wildman–Crippen LogP) is 4.03. The van der Waals surface area contributed by atoms with Gasteiger partial charge in [-0.1, -0.05) is 31.4 Å². The number of imidazole rings is 1. The molecule has 8 heteroatoms. The van der Waals surface area contributed by atoms with E-state index in [4.69, 9.17) is 16.3 Å². The lowest BCUT2D eigenvalue weighted by Crippen LogP contribution is -2.23. The van der Waals surface area contributed by atoms with E-state index >= 15 is 0 Å². The third-order valence-electron chi connectivity index (χ3n) is 4.67. The summed E-state index contributed by atoms with van der Waals surface area (Å²) in [7, 11) is 0. The van der Waals surface area contributed by atoms with Crippen LogP contribution in [0.3, 0.4) is 0 Å². The van der Waals surface area contributed by atoms with Gasteiger partial charge in [-0.15, -0.1) is 0 Å². The van der Waals surface area contributed by atoms with Crippen molar-refractivity contribution in [1.29, 1.82) is 0 Å². The molecule has 1 aliphatic rings. The van der Waals surface area contributed by atoms with Gasteiger partial charge in [-0.3, -0.25) is 14.3 Å². The van der Waals surface area contributed by atoms with Crippen molar-refractivity contribution in [1.82, 2.24) is 24.5 Å². The van der Waals surface area contributed by atoms with Gasteiger partial charge in [0.2, 0.25) is 0 Å². The van der Waals surface area contributed by atoms with Crippen molar-refractivity contribution >= 4 is 22.8 Å². The Morgan fingerprint density at radius 3 is 2.85 bits per heavy atom. The van der Waals surface area contributed by atoms with E-state index in [0.29, 0.717) is 34.4 Å². The molecule has 0 aliphatic heterocycles. The van der Waals surface area contributed by atoms with Gasteiger partial charge in [-0.25, -0.2) is 4.98 Å². The molecule has 0 aromatic carbocycles. The molecule has 3 heterocycles. The van der Waals surface area contributed by atoms with E-state index in [2.05, 4.69) is 19.9 Å². The average Bonchev–Trinajstić information content (AvgIpc) is 3.27. The van der Waals surface area contributed by atoms with Crippen LogP contribution < -0.4 is 10.3 Å². The summed E-state index contributed by atoms with van der Waals surface area (Å²) < 4.78 is 7.35. The zero-order valence-corrected chi connectivity index (χ0v) is 15.3. The van der Waals surface area contributed by atoms with Crippen LogP contribution in [0.5, 0.6) is 11.8 Å². The average molecular weight is 374 g/mol. The van der Waals surface area contributed by atoms with E-state index < -0.39 is 0 Å². The van der Waals surface area contributed by atoms with E-state index in [1.165, 1.54) is 29.8 Å². The fourth-order valence-electron chi connectivity index (χ4n) is 3.43. The first-order chi connectivity index (χ1) is 12.7. The summed E-state index contributed by atoms with van der Waals surface area (Å²) in [5, 5.41) is 0.455. The second kappa shape index (κ2) is 7.07. The number of fused-ring (bicyclic) bond motifs is 1. The van der Waals surface area contributed by atoms with Crippen LogP contribution in [0.4, 0.5) is 0 Å². The molecule has 4 rings (SSSR count). The summed E-state index contributed by atoms with van der Waals surface area (Å²) in [5.41, 5.74) is 0.671. The monoisotopic (exact) mass is 373 g/mol. The summed E-state index contributed by atoms with van der Waals surface area (Å²) in [6, 6.07) is 1.84. The normalized spacial score (nSPS) is 15.0. The van der Waals surface area contributed by atoms with Crippen LogP contribution in [0.25, 0.3) is 11.2 Å². The maximum atomic E-state index is 13.0. The molecular weight excluding hydrogens is 354 g/mol. The van der Waals surface area contributed by atoms with Crippen molar-refractivity contribution in [2.75, 3.05) is 0 Å². The van der Waals surface area contributed by atoms with Gasteiger partial charge in [0.1, 0.15) is 5.82 Å². The van der Waals surface area contributed by atoms with Crippen LogP contribution in [0.15, 0.2) is 23.3 Å². The molecule has 0 bridgehead atoms. The third kappa shape index (κ3) is 3.19. The van der Waals surface area contributed by atoms with E-state index in [9.17, 15) is 4.79 Å². The molecule has 0 unspecified atom stereocenters. The van der Waals surface area contributed by atoms with Crippen LogP contribution in [-0.4, -0.2) is 24.5 Å². The Kier molecular flexibility index (Phi) is 4.63. The van der Waals surface area contributed by atoms with E-state index in [1.807, 2.05) is 6.92 Å². The highest BCUT2D eigenvalue weighted by Crippen LogP contribution is 2.33. The summed E-state index contributed by atoms with van der Waals surface area (Å²) in [6.07, 6.45) is 8.43. The van der Waals surface area contributed by atoms with Crippen LogP contribution >= 0.6 is 11.6 Å². The first-order valence-electron chi connectivity index (χ1n) is 8.94. The maximum absolute atomic E-state index is 13.0. The Labute approximate surface area is 155 Å². The quantitative estimate of drug-likeness (QED) is 0.729. The minimum Gasteiger partial charge on any atom is -0.424 e. The molecule has 0 radical (unpaired) electrons. The molecular formula is C18H20ClN5O2. The Balaban J connectivity index is 1.79. The number of rotatable bonds is 5. The molecule has 0 atom stereocenters. The van der Waals surface area contributed by atoms with Crippen molar-refractivity contribution in [3.8, 4) is 11.8 Å². The van der Waals surface area contributed by atoms with E-state index in [1.54, 1.807) is 6.07 Å². The minimum atomic E-state index is -0.168. The lowest BCUT2D eigenvalue weighted by Gasteiger charge is -2.11. The Morgan fingerprint density at radius 1 is 1.31 bits per heavy atom. The van der Waals surface area contributed by atoms with Crippen LogP contribution in [0, 0.1) is 0 Å². The maximum Gasteiger partial charge on any atom is 0.306 e. The molecule has 26 heavy (non-hydrogen) atoms. The van der Waals surface area contributed by atoms with E-state index in [0.717, 1.165) is 25.1 Å². The second-order valence-corrected chi connectivity index (χ2v) is 7.03. The Hall–Kier alpha value is -2.41. The largest absolute Gasteiger partial charge is 0.424 e. The van der Waals surface area contributed by atoms with Gasteiger partial charge in [0, 0.05) is 24.7 Å². The standard InChI is InChI=1S/C18H20ClN5O2/c1-2-7-24-17(25)14-16(22-15(21-14)11-5-3-4-6-11)23-18(24)26-13-8-12(19)9-20-10-13/h8-11H,2-7H2,1H3,(H,21,22). The molecule has 0 spiro atoms. The number of hydrogen-bond acceptors (Lipinski definition) is 5. The molecule has 1 saturated carbocycles. The lowest BCUT2D eigenvalue weighted by atomic mass is 10.1. The van der Waals surface area contributed by atoms with Crippen LogP contribution in [0.1, 0.15) is 50.8 Å². The number of hydrogen-bond donors (Lipinski definition) is 1. The number of nitrogens with one attached hydrogen (secondary N) is 1. The molecule has 136 valence electrons. The Bertz CT molecular complexity index is 991. The molecule has 3 aromatic heterocycles. The van der Waals surface area contributed by atoms with Gasteiger partial charge in [0.15, 0.2) is 16.9 Å². The summed E-state index contributed by atoms with van der Waals surface area (Å²) in [4.78, 5) is 29.2. The smallest absolute Gasteiger partial charge is 0.306 e. The number of halogens is 1. The van der Waals surface area contributed by atoms with Gasteiger partial charge in [-0.2, -0.15) is 4.98 Å². The number of aromatic amines is 1. The van der Waals surface area contributed by atoms with Gasteiger partial charge < -0.3 is 9.72 Å². The van der Waals surface area contributed by atoms with Crippen molar-refractivity contribution in [2.24, 2.45) is 0 Å². The van der Waals surface area contributed by atoms with Crippen molar-refractivity contribution in [3.05, 3.63) is 39.7 Å². The molecule has 7 nitrogen and oxygen atoms in total. The fourth-order valence-corrected chi connectivity index (χ4v) is 3.59. The molecule has 1 N–H and O–H groups in total. The number of aromatic nitrogens is 5. The number of pyridine rings is 1. The highest BCUT2D eigenvalue weighted by molar-refractivity contribution is 6.30. The Morgan fingerprint density at radius 2 is 2.12 bits per heavy atom. The molecule has 0 saturated heterocycles. The van der Waals surface area contributed by atoms with Crippen molar-refractivity contribution in [3.63, 3.8) is 0 Å². The minimum absolute atomic E-state index is 0.168. The number of H-pyrrole nitrogens is 1. The zero-order valence-electron chi connectivity index (χ0n) is 14.5. The topological polar surface area (TPSA) is 85.7 Å². The fraction of sp³-hybridized carbons (Fsp3) is 0.444. The summed E-state index contributed by atoms with van der Waals surface area (Å²) in [5.74, 6) is 1.66. The summed E-state index contributed by atoms with van der Waals surface area (Å²) >= 11 is 5.97. The molecule has 3 aromatic rings. The van der Waals surface area contributed by atoms with Gasteiger partial charge in [0.05, 0.1) is 11.2 Å². The van der Waals surface area contributed by atoms with E-state index in [-0.39, 0.29) is 11.6 Å². The molecule has 1 fully saturated rings. The SMILES string of the molecule is CCCn1c(Oc2cncc(Cl)c2)nc2nc(C3CCCC3)[nH]c2c1=O.